The molecular weight excluding hydrogens is 420 g/mol. The van der Waals surface area contributed by atoms with E-state index in [1.807, 2.05) is 25.1 Å². The third-order valence-electron chi connectivity index (χ3n) is 5.45. The number of carbonyl (C=O) groups is 1. The molecule has 2 aromatic rings. The van der Waals surface area contributed by atoms with E-state index in [1.165, 1.54) is 0 Å². The molecule has 0 bridgehead atoms. The number of hydrogen-bond donors (Lipinski definition) is 3. The highest BCUT2D eigenvalue weighted by Crippen LogP contribution is 2.32. The van der Waals surface area contributed by atoms with Gasteiger partial charge in [0.1, 0.15) is 5.75 Å². The summed E-state index contributed by atoms with van der Waals surface area (Å²) in [4.78, 5) is 17.4. The van der Waals surface area contributed by atoms with Crippen LogP contribution in [0.25, 0.3) is 0 Å². The van der Waals surface area contributed by atoms with Crippen LogP contribution >= 0.6 is 15.9 Å². The van der Waals surface area contributed by atoms with E-state index in [-0.39, 0.29) is 5.91 Å². The molecule has 0 radical (unpaired) electrons. The molecular formula is C21H27BrN4O2. The molecule has 28 heavy (non-hydrogen) atoms. The molecule has 3 rings (SSSR count). The Kier molecular flexibility index (Phi) is 6.57. The first-order chi connectivity index (χ1) is 13.4. The Bertz CT molecular complexity index is 830. The van der Waals surface area contributed by atoms with Crippen molar-refractivity contribution in [2.24, 2.45) is 0 Å². The number of ether oxygens (including phenoxy) is 1. The summed E-state index contributed by atoms with van der Waals surface area (Å²) >= 11 is 3.51. The van der Waals surface area contributed by atoms with Gasteiger partial charge in [-0.05, 0) is 47.3 Å². The average Bonchev–Trinajstić information content (AvgIpc) is 2.69. The Labute approximate surface area is 174 Å². The molecule has 7 heteroatoms. The number of anilines is 2. The summed E-state index contributed by atoms with van der Waals surface area (Å²) in [5.41, 5.74) is 8.76. The maximum Gasteiger partial charge on any atom is 0.244 e. The molecule has 0 spiro atoms. The summed E-state index contributed by atoms with van der Waals surface area (Å²) in [5.74, 6) is 0.749. The van der Waals surface area contributed by atoms with Crippen LogP contribution in [0.5, 0.6) is 5.75 Å². The minimum absolute atomic E-state index is 0.0122. The molecule has 1 fully saturated rings. The molecule has 0 saturated heterocycles. The number of nitrogen functional groups attached to an aromatic ring is 1. The molecule has 1 aromatic carbocycles. The van der Waals surface area contributed by atoms with E-state index in [0.29, 0.717) is 12.2 Å². The lowest BCUT2D eigenvalue weighted by Crippen LogP contribution is -2.55. The fourth-order valence-corrected chi connectivity index (χ4v) is 4.20. The van der Waals surface area contributed by atoms with Gasteiger partial charge in [0.2, 0.25) is 5.91 Å². The number of nitrogens with zero attached hydrogens (tertiary/aromatic N) is 1. The number of nitrogens with two attached hydrogens (primary N) is 1. The number of aromatic nitrogens is 1. The van der Waals surface area contributed by atoms with Crippen molar-refractivity contribution in [1.82, 2.24) is 10.3 Å². The van der Waals surface area contributed by atoms with Gasteiger partial charge in [-0.25, -0.2) is 0 Å². The minimum Gasteiger partial charge on any atom is -0.496 e. The topological polar surface area (TPSA) is 89.3 Å². The number of aryl methyl sites for hydroxylation is 1. The lowest BCUT2D eigenvalue weighted by atomic mass is 9.80. The first-order valence-corrected chi connectivity index (χ1v) is 10.3. The summed E-state index contributed by atoms with van der Waals surface area (Å²) < 4.78 is 6.22. The van der Waals surface area contributed by atoms with Gasteiger partial charge in [0, 0.05) is 34.5 Å². The van der Waals surface area contributed by atoms with Gasteiger partial charge in [-0.1, -0.05) is 25.3 Å². The fraction of sp³-hybridized carbons (Fsp3) is 0.429. The molecule has 6 nitrogen and oxygen atoms in total. The van der Waals surface area contributed by atoms with E-state index in [4.69, 9.17) is 10.5 Å². The standard InChI is InChI=1S/C21H27BrN4O2/c1-14-6-7-15(10-19(14)28-2)26-20(27)21(8-4-3-5-9-21)25-11-16-17(22)12-24-13-18(16)23/h6-7,10,12-13,25H,3-5,8-9,11,23H2,1-2H3,(H,26,27). The monoisotopic (exact) mass is 446 g/mol. The largest absolute Gasteiger partial charge is 0.496 e. The number of methoxy groups -OCH3 is 1. The Morgan fingerprint density at radius 2 is 2.04 bits per heavy atom. The van der Waals surface area contributed by atoms with Crippen LogP contribution in [0, 0.1) is 6.92 Å². The van der Waals surface area contributed by atoms with Crippen LogP contribution in [0.2, 0.25) is 0 Å². The molecule has 1 aliphatic rings. The van der Waals surface area contributed by atoms with Crippen molar-refractivity contribution in [3.8, 4) is 5.75 Å². The lowest BCUT2D eigenvalue weighted by molar-refractivity contribution is -0.123. The first kappa shape index (κ1) is 20.6. The second-order valence-electron chi connectivity index (χ2n) is 7.32. The van der Waals surface area contributed by atoms with Crippen molar-refractivity contribution in [2.75, 3.05) is 18.2 Å². The highest BCUT2D eigenvalue weighted by molar-refractivity contribution is 9.10. The van der Waals surface area contributed by atoms with Crippen LogP contribution in [0.4, 0.5) is 11.4 Å². The van der Waals surface area contributed by atoms with Gasteiger partial charge in [0.25, 0.3) is 0 Å². The summed E-state index contributed by atoms with van der Waals surface area (Å²) in [6.45, 7) is 2.48. The molecule has 0 aliphatic heterocycles. The number of halogens is 1. The number of nitrogens with one attached hydrogen (secondary N) is 2. The van der Waals surface area contributed by atoms with Crippen LogP contribution in [0.1, 0.15) is 43.2 Å². The van der Waals surface area contributed by atoms with E-state index in [9.17, 15) is 4.79 Å². The molecule has 1 amide bonds. The number of carbonyl (C=O) groups excluding carboxylic acids is 1. The number of hydrogen-bond acceptors (Lipinski definition) is 5. The fourth-order valence-electron chi connectivity index (χ4n) is 3.71. The minimum atomic E-state index is -0.620. The van der Waals surface area contributed by atoms with Gasteiger partial charge in [-0.15, -0.1) is 0 Å². The number of amides is 1. The molecule has 1 saturated carbocycles. The Morgan fingerprint density at radius 3 is 2.71 bits per heavy atom. The quantitative estimate of drug-likeness (QED) is 0.619. The molecule has 1 aliphatic carbocycles. The average molecular weight is 447 g/mol. The van der Waals surface area contributed by atoms with Crippen LogP contribution in [0.3, 0.4) is 0 Å². The summed E-state index contributed by atoms with van der Waals surface area (Å²) in [6, 6.07) is 5.72. The second-order valence-corrected chi connectivity index (χ2v) is 8.18. The molecule has 150 valence electrons. The molecule has 1 heterocycles. The van der Waals surface area contributed by atoms with Crippen LogP contribution < -0.4 is 21.1 Å². The zero-order valence-electron chi connectivity index (χ0n) is 16.3. The Morgan fingerprint density at radius 1 is 1.29 bits per heavy atom. The van der Waals surface area contributed by atoms with E-state index >= 15 is 0 Å². The van der Waals surface area contributed by atoms with Gasteiger partial charge in [-0.2, -0.15) is 0 Å². The van der Waals surface area contributed by atoms with Crippen LogP contribution in [-0.4, -0.2) is 23.5 Å². The number of pyridine rings is 1. The Balaban J connectivity index is 1.79. The third-order valence-corrected chi connectivity index (χ3v) is 6.13. The normalized spacial score (nSPS) is 15.8. The van der Waals surface area contributed by atoms with Gasteiger partial charge < -0.3 is 15.8 Å². The molecule has 0 atom stereocenters. The highest BCUT2D eigenvalue weighted by atomic mass is 79.9. The van der Waals surface area contributed by atoms with Crippen molar-refractivity contribution in [3.05, 3.63) is 46.2 Å². The van der Waals surface area contributed by atoms with Crippen molar-refractivity contribution < 1.29 is 9.53 Å². The maximum absolute atomic E-state index is 13.3. The zero-order valence-corrected chi connectivity index (χ0v) is 17.9. The van der Waals surface area contributed by atoms with E-state index < -0.39 is 5.54 Å². The molecule has 4 N–H and O–H groups in total. The van der Waals surface area contributed by atoms with Crippen LogP contribution in [0.15, 0.2) is 35.1 Å². The van der Waals surface area contributed by atoms with Crippen molar-refractivity contribution in [1.29, 1.82) is 0 Å². The molecule has 1 aromatic heterocycles. The maximum atomic E-state index is 13.3. The number of benzene rings is 1. The van der Waals surface area contributed by atoms with E-state index in [0.717, 1.165) is 59.1 Å². The lowest BCUT2D eigenvalue weighted by Gasteiger charge is -2.37. The zero-order chi connectivity index (χ0) is 20.1. The van der Waals surface area contributed by atoms with E-state index in [1.54, 1.807) is 19.5 Å². The smallest absolute Gasteiger partial charge is 0.244 e. The van der Waals surface area contributed by atoms with Crippen molar-refractivity contribution in [2.45, 2.75) is 51.1 Å². The predicted molar refractivity (Wildman–Crippen MR) is 115 cm³/mol. The SMILES string of the molecule is COc1cc(NC(=O)C2(NCc3c(N)cncc3Br)CCCCC2)ccc1C. The first-order valence-electron chi connectivity index (χ1n) is 9.54. The van der Waals surface area contributed by atoms with Gasteiger partial charge in [-0.3, -0.25) is 15.1 Å². The molecule has 0 unspecified atom stereocenters. The van der Waals surface area contributed by atoms with Crippen molar-refractivity contribution >= 4 is 33.2 Å². The van der Waals surface area contributed by atoms with E-state index in [2.05, 4.69) is 31.5 Å². The van der Waals surface area contributed by atoms with Gasteiger partial charge >= 0.3 is 0 Å². The Hall–Kier alpha value is -2.12. The third kappa shape index (κ3) is 4.47. The van der Waals surface area contributed by atoms with Gasteiger partial charge in [0.15, 0.2) is 0 Å². The van der Waals surface area contributed by atoms with Crippen molar-refractivity contribution in [3.63, 3.8) is 0 Å². The highest BCUT2D eigenvalue weighted by Gasteiger charge is 2.39. The summed E-state index contributed by atoms with van der Waals surface area (Å²) in [7, 11) is 1.63. The predicted octanol–water partition coefficient (Wildman–Crippen LogP) is 4.17. The second kappa shape index (κ2) is 8.92. The summed E-state index contributed by atoms with van der Waals surface area (Å²) in [6.07, 6.45) is 8.13. The number of rotatable bonds is 6. The van der Waals surface area contributed by atoms with Gasteiger partial charge in [0.05, 0.1) is 24.5 Å². The van der Waals surface area contributed by atoms with Crippen LogP contribution in [-0.2, 0) is 11.3 Å². The summed E-state index contributed by atoms with van der Waals surface area (Å²) in [5, 5.41) is 6.60.